The Morgan fingerprint density at radius 1 is 1.37 bits per heavy atom. The summed E-state index contributed by atoms with van der Waals surface area (Å²) >= 11 is 1.32. The minimum atomic E-state index is -0.423. The van der Waals surface area contributed by atoms with Gasteiger partial charge >= 0.3 is 0 Å². The minimum absolute atomic E-state index is 0.238. The average Bonchev–Trinajstić information content (AvgIpc) is 3.32. The van der Waals surface area contributed by atoms with Gasteiger partial charge in [0.2, 0.25) is 10.1 Å². The van der Waals surface area contributed by atoms with Crippen molar-refractivity contribution in [2.45, 2.75) is 25.8 Å². The van der Waals surface area contributed by atoms with Crippen molar-refractivity contribution in [1.29, 1.82) is 0 Å². The molecule has 2 aromatic heterocycles. The van der Waals surface area contributed by atoms with Gasteiger partial charge < -0.3 is 15.0 Å². The van der Waals surface area contributed by atoms with E-state index in [9.17, 15) is 9.59 Å². The van der Waals surface area contributed by atoms with Gasteiger partial charge in [-0.1, -0.05) is 18.3 Å². The molecule has 2 aromatic rings. The van der Waals surface area contributed by atoms with Crippen molar-refractivity contribution in [3.8, 4) is 0 Å². The van der Waals surface area contributed by atoms with E-state index in [1.807, 2.05) is 0 Å². The topological polar surface area (TPSA) is 92.1 Å². The molecule has 4 heterocycles. The van der Waals surface area contributed by atoms with Gasteiger partial charge in [-0.05, 0) is 25.9 Å². The van der Waals surface area contributed by atoms with E-state index in [-0.39, 0.29) is 11.6 Å². The normalized spacial score (nSPS) is 21.1. The summed E-state index contributed by atoms with van der Waals surface area (Å²) in [7, 11) is 0. The zero-order valence-electron chi connectivity index (χ0n) is 15.4. The van der Waals surface area contributed by atoms with E-state index in [1.54, 1.807) is 0 Å². The molecule has 146 valence electrons. The Morgan fingerprint density at radius 2 is 2.19 bits per heavy atom. The molecular formula is C17H24N6O3S. The summed E-state index contributed by atoms with van der Waals surface area (Å²) in [5, 5.41) is 8.27. The van der Waals surface area contributed by atoms with Gasteiger partial charge in [0.1, 0.15) is 5.69 Å². The van der Waals surface area contributed by atoms with Crippen molar-refractivity contribution < 1.29 is 9.53 Å². The number of nitrogens with one attached hydrogen (secondary N) is 1. The first-order valence-corrected chi connectivity index (χ1v) is 10.2. The number of carbonyl (C=O) groups excluding carboxylic acids is 1. The van der Waals surface area contributed by atoms with Gasteiger partial charge in [0.15, 0.2) is 0 Å². The molecule has 9 nitrogen and oxygen atoms in total. The first kappa shape index (κ1) is 18.3. The van der Waals surface area contributed by atoms with Crippen molar-refractivity contribution >= 4 is 27.3 Å². The second kappa shape index (κ2) is 7.91. The summed E-state index contributed by atoms with van der Waals surface area (Å²) in [5.74, 6) is -0.286. The van der Waals surface area contributed by atoms with Crippen LogP contribution < -0.4 is 15.8 Å². The maximum atomic E-state index is 12.8. The summed E-state index contributed by atoms with van der Waals surface area (Å²) in [6, 6.07) is 1.62. The molecule has 0 spiro atoms. The van der Waals surface area contributed by atoms with Crippen LogP contribution in [0.4, 0.5) is 5.13 Å². The average molecular weight is 392 g/mol. The molecule has 0 radical (unpaired) electrons. The molecule has 1 N–H and O–H groups in total. The fraction of sp³-hybridized carbons (Fsp3) is 0.647. The molecule has 0 aromatic carbocycles. The summed E-state index contributed by atoms with van der Waals surface area (Å²) in [6.07, 6.45) is 2.24. The van der Waals surface area contributed by atoms with Crippen LogP contribution in [0.2, 0.25) is 0 Å². The number of anilines is 1. The Kier molecular flexibility index (Phi) is 5.37. The summed E-state index contributed by atoms with van der Waals surface area (Å²) in [4.78, 5) is 33.7. The molecule has 2 aliphatic rings. The third-order valence-electron chi connectivity index (χ3n) is 5.16. The predicted molar refractivity (Wildman–Crippen MR) is 103 cm³/mol. The van der Waals surface area contributed by atoms with Crippen molar-refractivity contribution in [1.82, 2.24) is 24.8 Å². The maximum Gasteiger partial charge on any atom is 0.274 e. The lowest BCUT2D eigenvalue weighted by atomic mass is 10.2. The van der Waals surface area contributed by atoms with Gasteiger partial charge in [-0.2, -0.15) is 9.50 Å². The third-order valence-corrected chi connectivity index (χ3v) is 6.13. The number of hydrogen-bond donors (Lipinski definition) is 1. The van der Waals surface area contributed by atoms with E-state index in [2.05, 4.69) is 32.1 Å². The second-order valence-corrected chi connectivity index (χ2v) is 7.73. The zero-order valence-corrected chi connectivity index (χ0v) is 16.2. The van der Waals surface area contributed by atoms with Gasteiger partial charge in [-0.15, -0.1) is 5.10 Å². The first-order valence-electron chi connectivity index (χ1n) is 9.41. The number of morpholine rings is 1. The van der Waals surface area contributed by atoms with Crippen LogP contribution in [0.5, 0.6) is 0 Å². The van der Waals surface area contributed by atoms with Crippen LogP contribution in [0.3, 0.4) is 0 Å². The summed E-state index contributed by atoms with van der Waals surface area (Å²) in [6.45, 7) is 7.52. The lowest BCUT2D eigenvalue weighted by molar-refractivity contribution is 0.0933. The summed E-state index contributed by atoms with van der Waals surface area (Å²) in [5.41, 5.74) is -0.185. The first-order chi connectivity index (χ1) is 13.2. The molecular weight excluding hydrogens is 368 g/mol. The minimum Gasteiger partial charge on any atom is -0.378 e. The van der Waals surface area contributed by atoms with Crippen LogP contribution >= 0.6 is 11.3 Å². The fourth-order valence-corrected chi connectivity index (χ4v) is 4.65. The van der Waals surface area contributed by atoms with Gasteiger partial charge in [0.25, 0.3) is 11.5 Å². The van der Waals surface area contributed by atoms with Gasteiger partial charge in [-0.25, -0.2) is 0 Å². The van der Waals surface area contributed by atoms with E-state index in [0.29, 0.717) is 30.8 Å². The zero-order chi connectivity index (χ0) is 18.8. The van der Waals surface area contributed by atoms with Crippen molar-refractivity contribution in [3.63, 3.8) is 0 Å². The Hall–Kier alpha value is -2.04. The standard InChI is InChI=1S/C17H24N6O3S/c1-2-21-5-3-4-12(21)11-18-15(25)13-10-14(24)19-16-23(13)20-17(27-16)22-6-8-26-9-7-22/h10,12H,2-9,11H2,1H3,(H,18,25). The highest BCUT2D eigenvalue weighted by molar-refractivity contribution is 7.20. The Morgan fingerprint density at radius 3 is 2.96 bits per heavy atom. The molecule has 0 bridgehead atoms. The molecule has 2 aliphatic heterocycles. The quantitative estimate of drug-likeness (QED) is 0.777. The number of amides is 1. The highest BCUT2D eigenvalue weighted by Crippen LogP contribution is 2.23. The largest absolute Gasteiger partial charge is 0.378 e. The maximum absolute atomic E-state index is 12.8. The van der Waals surface area contributed by atoms with Crippen LogP contribution in [0.1, 0.15) is 30.3 Å². The number of aromatic nitrogens is 3. The van der Waals surface area contributed by atoms with E-state index < -0.39 is 5.56 Å². The van der Waals surface area contributed by atoms with Crippen LogP contribution in [-0.4, -0.2) is 77.4 Å². The molecule has 0 aliphatic carbocycles. The number of rotatable bonds is 5. The summed E-state index contributed by atoms with van der Waals surface area (Å²) < 4.78 is 6.85. The van der Waals surface area contributed by atoms with Crippen LogP contribution in [0.25, 0.3) is 4.96 Å². The van der Waals surface area contributed by atoms with E-state index in [1.165, 1.54) is 21.9 Å². The molecule has 27 heavy (non-hydrogen) atoms. The SMILES string of the molecule is CCN1CCCC1CNC(=O)c1cc(=O)nc2sc(N3CCOCC3)nn12. The van der Waals surface area contributed by atoms with Crippen molar-refractivity contribution in [2.24, 2.45) is 0 Å². The second-order valence-electron chi connectivity index (χ2n) is 6.79. The number of ether oxygens (including phenoxy) is 1. The Labute approximate surface area is 160 Å². The van der Waals surface area contributed by atoms with Crippen LogP contribution in [0, 0.1) is 0 Å². The van der Waals surface area contributed by atoms with Gasteiger partial charge in [0.05, 0.1) is 13.2 Å². The van der Waals surface area contributed by atoms with E-state index in [0.717, 1.165) is 44.2 Å². The van der Waals surface area contributed by atoms with Crippen LogP contribution in [0.15, 0.2) is 10.9 Å². The van der Waals surface area contributed by atoms with Crippen molar-refractivity contribution in [2.75, 3.05) is 50.8 Å². The Balaban J connectivity index is 1.55. The monoisotopic (exact) mass is 392 g/mol. The number of likely N-dealkylation sites (tertiary alicyclic amines) is 1. The molecule has 1 amide bonds. The lowest BCUT2D eigenvalue weighted by Crippen LogP contribution is -2.40. The van der Waals surface area contributed by atoms with E-state index in [4.69, 9.17) is 4.74 Å². The number of nitrogens with zero attached hydrogens (tertiary/aromatic N) is 5. The van der Waals surface area contributed by atoms with E-state index >= 15 is 0 Å². The number of hydrogen-bond acceptors (Lipinski definition) is 8. The number of carbonyl (C=O) groups is 1. The predicted octanol–water partition coefficient (Wildman–Crippen LogP) is 0.202. The van der Waals surface area contributed by atoms with Crippen molar-refractivity contribution in [3.05, 3.63) is 22.1 Å². The molecule has 2 saturated heterocycles. The molecule has 0 saturated carbocycles. The molecule has 4 rings (SSSR count). The van der Waals surface area contributed by atoms with Gasteiger partial charge in [-0.3, -0.25) is 14.5 Å². The smallest absolute Gasteiger partial charge is 0.274 e. The highest BCUT2D eigenvalue weighted by Gasteiger charge is 2.25. The van der Waals surface area contributed by atoms with Crippen LogP contribution in [-0.2, 0) is 4.74 Å². The highest BCUT2D eigenvalue weighted by atomic mass is 32.1. The molecule has 2 fully saturated rings. The number of likely N-dealkylation sites (N-methyl/N-ethyl adjacent to an activating group) is 1. The molecule has 1 unspecified atom stereocenters. The lowest BCUT2D eigenvalue weighted by Gasteiger charge is -2.25. The molecule has 1 atom stereocenters. The van der Waals surface area contributed by atoms with Gasteiger partial charge in [0, 0.05) is 31.7 Å². The number of fused-ring (bicyclic) bond motifs is 1. The molecule has 10 heteroatoms. The third kappa shape index (κ3) is 3.83. The Bertz CT molecular complexity index is 875. The fourth-order valence-electron chi connectivity index (χ4n) is 3.69.